The Hall–Kier alpha value is -2.29. The van der Waals surface area contributed by atoms with Gasteiger partial charge in [0.15, 0.2) is 11.5 Å². The number of nitrogens with zero attached hydrogens (tertiary/aromatic N) is 5. The number of rotatable bonds is 6. The standard InChI is InChI=1S/C12H17N7O2/c1-8-14-10(21-17-8)6-12(2-3-12)15-11(20)9-7-19(5-4-13)18-16-9/h7H,2-6,13H2,1H3,(H,15,20). The second kappa shape index (κ2) is 5.24. The van der Waals surface area contributed by atoms with Crippen LogP contribution in [0.4, 0.5) is 0 Å². The van der Waals surface area contributed by atoms with Crippen LogP contribution in [0.1, 0.15) is 35.0 Å². The molecule has 0 spiro atoms. The highest BCUT2D eigenvalue weighted by Gasteiger charge is 2.46. The molecule has 2 heterocycles. The third kappa shape index (κ3) is 3.07. The van der Waals surface area contributed by atoms with Gasteiger partial charge >= 0.3 is 0 Å². The Morgan fingerprint density at radius 1 is 1.57 bits per heavy atom. The number of carbonyl (C=O) groups is 1. The van der Waals surface area contributed by atoms with Crippen molar-refractivity contribution in [2.45, 2.75) is 38.3 Å². The van der Waals surface area contributed by atoms with Crippen LogP contribution in [0.15, 0.2) is 10.7 Å². The van der Waals surface area contributed by atoms with E-state index in [0.29, 0.717) is 31.2 Å². The van der Waals surface area contributed by atoms with Crippen molar-refractivity contribution in [3.8, 4) is 0 Å². The third-order valence-corrected chi connectivity index (χ3v) is 3.42. The number of aryl methyl sites for hydroxylation is 1. The summed E-state index contributed by atoms with van der Waals surface area (Å²) in [4.78, 5) is 16.4. The molecule has 1 fully saturated rings. The molecule has 1 amide bonds. The average Bonchev–Trinajstić information content (AvgIpc) is 2.86. The Balaban J connectivity index is 1.63. The SMILES string of the molecule is Cc1noc(CC2(NC(=O)c3cn(CCN)nn3)CC2)n1. The molecule has 9 nitrogen and oxygen atoms in total. The lowest BCUT2D eigenvalue weighted by Gasteiger charge is -2.13. The van der Waals surface area contributed by atoms with Crippen molar-refractivity contribution in [1.82, 2.24) is 30.5 Å². The number of amides is 1. The largest absolute Gasteiger partial charge is 0.345 e. The highest BCUT2D eigenvalue weighted by Crippen LogP contribution is 2.38. The molecule has 0 aliphatic heterocycles. The van der Waals surface area contributed by atoms with E-state index in [4.69, 9.17) is 10.3 Å². The Bertz CT molecular complexity index is 644. The second-order valence-electron chi connectivity index (χ2n) is 5.30. The molecule has 9 heteroatoms. The normalized spacial score (nSPS) is 15.9. The van der Waals surface area contributed by atoms with Gasteiger partial charge in [-0.15, -0.1) is 5.10 Å². The number of hydrogen-bond acceptors (Lipinski definition) is 7. The first-order chi connectivity index (χ1) is 10.1. The average molecular weight is 291 g/mol. The molecular weight excluding hydrogens is 274 g/mol. The van der Waals surface area contributed by atoms with Crippen LogP contribution in [0.2, 0.25) is 0 Å². The lowest BCUT2D eigenvalue weighted by molar-refractivity contribution is 0.0924. The number of nitrogens with two attached hydrogens (primary N) is 1. The highest BCUT2D eigenvalue weighted by molar-refractivity contribution is 5.92. The highest BCUT2D eigenvalue weighted by atomic mass is 16.5. The summed E-state index contributed by atoms with van der Waals surface area (Å²) < 4.78 is 6.66. The van der Waals surface area contributed by atoms with Gasteiger partial charge in [0, 0.05) is 12.1 Å². The fraction of sp³-hybridized carbons (Fsp3) is 0.583. The first-order valence-electron chi connectivity index (χ1n) is 6.82. The predicted molar refractivity (Wildman–Crippen MR) is 71.2 cm³/mol. The van der Waals surface area contributed by atoms with E-state index in [0.717, 1.165) is 12.8 Å². The first-order valence-corrected chi connectivity index (χ1v) is 6.82. The molecule has 1 saturated carbocycles. The fourth-order valence-corrected chi connectivity index (χ4v) is 2.15. The second-order valence-corrected chi connectivity index (χ2v) is 5.30. The molecular formula is C12H17N7O2. The smallest absolute Gasteiger partial charge is 0.273 e. The van der Waals surface area contributed by atoms with E-state index in [1.54, 1.807) is 17.8 Å². The number of carbonyl (C=O) groups excluding carboxylic acids is 1. The molecule has 2 aromatic heterocycles. The summed E-state index contributed by atoms with van der Waals surface area (Å²) in [6.07, 6.45) is 3.90. The zero-order chi connectivity index (χ0) is 14.9. The predicted octanol–water partition coefficient (Wildman–Crippen LogP) is -0.567. The van der Waals surface area contributed by atoms with Gasteiger partial charge in [-0.25, -0.2) is 0 Å². The van der Waals surface area contributed by atoms with Crippen molar-refractivity contribution < 1.29 is 9.32 Å². The Kier molecular flexibility index (Phi) is 3.42. The molecule has 0 atom stereocenters. The zero-order valence-electron chi connectivity index (χ0n) is 11.7. The van der Waals surface area contributed by atoms with Crippen LogP contribution in [0.25, 0.3) is 0 Å². The summed E-state index contributed by atoms with van der Waals surface area (Å²) in [5.74, 6) is 0.890. The van der Waals surface area contributed by atoms with Crippen LogP contribution in [-0.4, -0.2) is 43.1 Å². The van der Waals surface area contributed by atoms with E-state index >= 15 is 0 Å². The third-order valence-electron chi connectivity index (χ3n) is 3.42. The molecule has 0 saturated heterocycles. The van der Waals surface area contributed by atoms with Crippen molar-refractivity contribution in [1.29, 1.82) is 0 Å². The van der Waals surface area contributed by atoms with E-state index in [1.807, 2.05) is 0 Å². The lowest BCUT2D eigenvalue weighted by atomic mass is 10.1. The van der Waals surface area contributed by atoms with Crippen molar-refractivity contribution >= 4 is 5.91 Å². The van der Waals surface area contributed by atoms with Gasteiger partial charge in [-0.2, -0.15) is 4.98 Å². The molecule has 3 rings (SSSR count). The molecule has 112 valence electrons. The van der Waals surface area contributed by atoms with Crippen LogP contribution in [0.5, 0.6) is 0 Å². The Labute approximate surface area is 120 Å². The maximum atomic E-state index is 12.2. The number of nitrogens with one attached hydrogen (secondary N) is 1. The van der Waals surface area contributed by atoms with Crippen molar-refractivity contribution in [3.05, 3.63) is 23.6 Å². The molecule has 21 heavy (non-hydrogen) atoms. The van der Waals surface area contributed by atoms with Gasteiger partial charge in [0.05, 0.1) is 19.2 Å². The van der Waals surface area contributed by atoms with Crippen LogP contribution in [0, 0.1) is 6.92 Å². The summed E-state index contributed by atoms with van der Waals surface area (Å²) >= 11 is 0. The summed E-state index contributed by atoms with van der Waals surface area (Å²) in [6, 6.07) is 0. The molecule has 0 unspecified atom stereocenters. The molecule has 1 aliphatic rings. The van der Waals surface area contributed by atoms with E-state index in [9.17, 15) is 4.79 Å². The Morgan fingerprint density at radius 3 is 3.00 bits per heavy atom. The van der Waals surface area contributed by atoms with Gasteiger partial charge in [0.1, 0.15) is 0 Å². The number of hydrogen-bond donors (Lipinski definition) is 2. The molecule has 1 aliphatic carbocycles. The minimum atomic E-state index is -0.298. The maximum absolute atomic E-state index is 12.2. The van der Waals surface area contributed by atoms with Crippen LogP contribution >= 0.6 is 0 Å². The topological polar surface area (TPSA) is 125 Å². The van der Waals surface area contributed by atoms with Gasteiger partial charge in [0.2, 0.25) is 5.89 Å². The molecule has 0 aromatic carbocycles. The lowest BCUT2D eigenvalue weighted by Crippen LogP contribution is -2.38. The van der Waals surface area contributed by atoms with E-state index in [1.165, 1.54) is 0 Å². The number of aromatic nitrogens is 5. The summed E-state index contributed by atoms with van der Waals surface area (Å²) in [6.45, 7) is 2.75. The Morgan fingerprint density at radius 2 is 2.38 bits per heavy atom. The van der Waals surface area contributed by atoms with Gasteiger partial charge in [-0.05, 0) is 19.8 Å². The minimum Gasteiger partial charge on any atom is -0.345 e. The van der Waals surface area contributed by atoms with E-state index in [2.05, 4.69) is 25.8 Å². The van der Waals surface area contributed by atoms with Crippen LogP contribution in [-0.2, 0) is 13.0 Å². The van der Waals surface area contributed by atoms with Gasteiger partial charge in [-0.3, -0.25) is 9.48 Å². The molecule has 0 radical (unpaired) electrons. The monoisotopic (exact) mass is 291 g/mol. The van der Waals surface area contributed by atoms with Gasteiger partial charge < -0.3 is 15.6 Å². The summed E-state index contributed by atoms with van der Waals surface area (Å²) in [7, 11) is 0. The molecule has 3 N–H and O–H groups in total. The fourth-order valence-electron chi connectivity index (χ4n) is 2.15. The first kappa shape index (κ1) is 13.7. The molecule has 0 bridgehead atoms. The maximum Gasteiger partial charge on any atom is 0.273 e. The van der Waals surface area contributed by atoms with Crippen LogP contribution < -0.4 is 11.1 Å². The minimum absolute atomic E-state index is 0.244. The van der Waals surface area contributed by atoms with Gasteiger partial charge in [0.25, 0.3) is 5.91 Å². The summed E-state index contributed by atoms with van der Waals surface area (Å²) in [5.41, 5.74) is 5.42. The van der Waals surface area contributed by atoms with Gasteiger partial charge in [-0.1, -0.05) is 10.4 Å². The van der Waals surface area contributed by atoms with E-state index < -0.39 is 0 Å². The van der Waals surface area contributed by atoms with Crippen molar-refractivity contribution in [2.24, 2.45) is 5.73 Å². The van der Waals surface area contributed by atoms with E-state index in [-0.39, 0.29) is 17.1 Å². The molecule has 2 aromatic rings. The van der Waals surface area contributed by atoms with Crippen molar-refractivity contribution in [2.75, 3.05) is 6.54 Å². The van der Waals surface area contributed by atoms with Crippen LogP contribution in [0.3, 0.4) is 0 Å². The summed E-state index contributed by atoms with van der Waals surface area (Å²) in [5, 5.41) is 14.4. The quantitative estimate of drug-likeness (QED) is 0.730. The zero-order valence-corrected chi connectivity index (χ0v) is 11.7. The van der Waals surface area contributed by atoms with Crippen molar-refractivity contribution in [3.63, 3.8) is 0 Å².